The van der Waals surface area contributed by atoms with Crippen LogP contribution in [0.25, 0.3) is 0 Å². The molecule has 1 saturated heterocycles. The van der Waals surface area contributed by atoms with Gasteiger partial charge in [0.05, 0.1) is 0 Å². The standard InChI is InChI=1S/C14H28N2S/c1-2-14(6-3-7-14)12-16-10-11-17-13-4-8-15-9-5-13/h13,15-16H,2-12H2,1H3. The molecule has 0 amide bonds. The zero-order chi connectivity index (χ0) is 12.0. The molecule has 2 N–H and O–H groups in total. The summed E-state index contributed by atoms with van der Waals surface area (Å²) in [6.07, 6.45) is 8.46. The van der Waals surface area contributed by atoms with Crippen LogP contribution in [0.2, 0.25) is 0 Å². The second-order valence-electron chi connectivity index (χ2n) is 5.70. The van der Waals surface area contributed by atoms with Crippen molar-refractivity contribution in [1.82, 2.24) is 10.6 Å². The quantitative estimate of drug-likeness (QED) is 0.685. The maximum atomic E-state index is 3.68. The van der Waals surface area contributed by atoms with E-state index in [-0.39, 0.29) is 0 Å². The first kappa shape index (κ1) is 13.7. The molecule has 1 aliphatic carbocycles. The van der Waals surface area contributed by atoms with Crippen LogP contribution in [0.3, 0.4) is 0 Å². The smallest absolute Gasteiger partial charge is 0.00716 e. The van der Waals surface area contributed by atoms with Crippen LogP contribution in [-0.4, -0.2) is 37.2 Å². The summed E-state index contributed by atoms with van der Waals surface area (Å²) in [5.41, 5.74) is 0.680. The lowest BCUT2D eigenvalue weighted by Crippen LogP contribution is -2.40. The maximum Gasteiger partial charge on any atom is 0.00716 e. The van der Waals surface area contributed by atoms with Gasteiger partial charge in [-0.3, -0.25) is 0 Å². The predicted octanol–water partition coefficient (Wildman–Crippen LogP) is 2.64. The molecule has 1 heterocycles. The highest BCUT2D eigenvalue weighted by molar-refractivity contribution is 7.99. The molecule has 0 bridgehead atoms. The Balaban J connectivity index is 1.48. The van der Waals surface area contributed by atoms with Crippen LogP contribution in [0.15, 0.2) is 0 Å². The van der Waals surface area contributed by atoms with Gasteiger partial charge in [-0.05, 0) is 50.6 Å². The van der Waals surface area contributed by atoms with Crippen LogP contribution in [0, 0.1) is 5.41 Å². The van der Waals surface area contributed by atoms with Crippen molar-refractivity contribution in [2.24, 2.45) is 5.41 Å². The highest BCUT2D eigenvalue weighted by atomic mass is 32.2. The van der Waals surface area contributed by atoms with E-state index in [1.165, 1.54) is 70.5 Å². The summed E-state index contributed by atoms with van der Waals surface area (Å²) in [6.45, 7) is 7.27. The minimum absolute atomic E-state index is 0.680. The van der Waals surface area contributed by atoms with Gasteiger partial charge in [-0.25, -0.2) is 0 Å². The first-order chi connectivity index (χ1) is 8.35. The summed E-state index contributed by atoms with van der Waals surface area (Å²) in [5.74, 6) is 1.30. The first-order valence-electron chi connectivity index (χ1n) is 7.38. The number of thioether (sulfide) groups is 1. The maximum absolute atomic E-state index is 3.68. The van der Waals surface area contributed by atoms with E-state index in [9.17, 15) is 0 Å². The SMILES string of the molecule is CCC1(CNCCSC2CCNCC2)CCC1. The van der Waals surface area contributed by atoms with Gasteiger partial charge in [0.25, 0.3) is 0 Å². The van der Waals surface area contributed by atoms with E-state index in [0.29, 0.717) is 5.41 Å². The zero-order valence-corrected chi connectivity index (χ0v) is 12.1. The van der Waals surface area contributed by atoms with Gasteiger partial charge >= 0.3 is 0 Å². The molecule has 2 rings (SSSR count). The van der Waals surface area contributed by atoms with Crippen LogP contribution < -0.4 is 10.6 Å². The minimum atomic E-state index is 0.680. The molecule has 1 aliphatic heterocycles. The van der Waals surface area contributed by atoms with Crippen molar-refractivity contribution >= 4 is 11.8 Å². The number of hydrogen-bond donors (Lipinski definition) is 2. The van der Waals surface area contributed by atoms with Crippen molar-refractivity contribution in [2.45, 2.75) is 50.7 Å². The topological polar surface area (TPSA) is 24.1 Å². The second kappa shape index (κ2) is 7.01. The lowest BCUT2D eigenvalue weighted by atomic mass is 9.67. The Morgan fingerprint density at radius 2 is 2.06 bits per heavy atom. The summed E-state index contributed by atoms with van der Waals surface area (Å²) >= 11 is 2.18. The molecule has 2 fully saturated rings. The van der Waals surface area contributed by atoms with Crippen LogP contribution in [0.5, 0.6) is 0 Å². The summed E-state index contributed by atoms with van der Waals surface area (Å²) in [7, 11) is 0. The highest BCUT2D eigenvalue weighted by Crippen LogP contribution is 2.42. The van der Waals surface area contributed by atoms with Crippen molar-refractivity contribution in [3.05, 3.63) is 0 Å². The van der Waals surface area contributed by atoms with Gasteiger partial charge in [-0.2, -0.15) is 11.8 Å². The summed E-state index contributed by atoms with van der Waals surface area (Å²) in [4.78, 5) is 0. The zero-order valence-electron chi connectivity index (χ0n) is 11.3. The third kappa shape index (κ3) is 4.15. The molecule has 2 nitrogen and oxygen atoms in total. The van der Waals surface area contributed by atoms with Gasteiger partial charge in [-0.15, -0.1) is 0 Å². The van der Waals surface area contributed by atoms with E-state index < -0.39 is 0 Å². The Morgan fingerprint density at radius 3 is 2.65 bits per heavy atom. The van der Waals surface area contributed by atoms with E-state index in [4.69, 9.17) is 0 Å². The molecular formula is C14H28N2S. The normalized spacial score (nSPS) is 24.5. The van der Waals surface area contributed by atoms with Crippen LogP contribution >= 0.6 is 11.8 Å². The number of rotatable bonds is 7. The van der Waals surface area contributed by atoms with E-state index in [2.05, 4.69) is 29.3 Å². The van der Waals surface area contributed by atoms with Gasteiger partial charge in [0, 0.05) is 24.1 Å². The highest BCUT2D eigenvalue weighted by Gasteiger charge is 2.34. The Labute approximate surface area is 111 Å². The first-order valence-corrected chi connectivity index (χ1v) is 8.43. The molecule has 0 aromatic carbocycles. The number of piperidine rings is 1. The van der Waals surface area contributed by atoms with Gasteiger partial charge in [-0.1, -0.05) is 13.3 Å². The molecule has 0 unspecified atom stereocenters. The fourth-order valence-electron chi connectivity index (χ4n) is 2.95. The molecule has 100 valence electrons. The summed E-state index contributed by atoms with van der Waals surface area (Å²) in [6, 6.07) is 0. The van der Waals surface area contributed by atoms with Crippen molar-refractivity contribution in [2.75, 3.05) is 31.9 Å². The molecule has 0 atom stereocenters. The average molecular weight is 256 g/mol. The van der Waals surface area contributed by atoms with Crippen molar-refractivity contribution in [1.29, 1.82) is 0 Å². The van der Waals surface area contributed by atoms with E-state index in [1.807, 2.05) is 0 Å². The van der Waals surface area contributed by atoms with E-state index >= 15 is 0 Å². The van der Waals surface area contributed by atoms with E-state index in [0.717, 1.165) is 5.25 Å². The third-order valence-corrected chi connectivity index (χ3v) is 5.97. The lowest BCUT2D eigenvalue weighted by molar-refractivity contribution is 0.125. The molecule has 0 aromatic heterocycles. The van der Waals surface area contributed by atoms with Gasteiger partial charge in [0.2, 0.25) is 0 Å². The van der Waals surface area contributed by atoms with Gasteiger partial charge in [0.1, 0.15) is 0 Å². The van der Waals surface area contributed by atoms with Crippen molar-refractivity contribution < 1.29 is 0 Å². The molecule has 1 saturated carbocycles. The Morgan fingerprint density at radius 1 is 1.29 bits per heavy atom. The van der Waals surface area contributed by atoms with E-state index in [1.54, 1.807) is 0 Å². The van der Waals surface area contributed by atoms with Crippen LogP contribution in [0.4, 0.5) is 0 Å². The minimum Gasteiger partial charge on any atom is -0.317 e. The Bertz CT molecular complexity index is 205. The van der Waals surface area contributed by atoms with Crippen molar-refractivity contribution in [3.63, 3.8) is 0 Å². The van der Waals surface area contributed by atoms with Crippen LogP contribution in [0.1, 0.15) is 45.4 Å². The number of nitrogens with one attached hydrogen (secondary N) is 2. The third-order valence-electron chi connectivity index (χ3n) is 4.58. The molecule has 3 heteroatoms. The number of hydrogen-bond acceptors (Lipinski definition) is 3. The second-order valence-corrected chi connectivity index (χ2v) is 7.11. The average Bonchev–Trinajstić information content (AvgIpc) is 2.33. The summed E-state index contributed by atoms with van der Waals surface area (Å²) < 4.78 is 0. The molecule has 2 aliphatic rings. The largest absolute Gasteiger partial charge is 0.317 e. The fraction of sp³-hybridized carbons (Fsp3) is 1.00. The molecule has 17 heavy (non-hydrogen) atoms. The van der Waals surface area contributed by atoms with Gasteiger partial charge in [0.15, 0.2) is 0 Å². The lowest BCUT2D eigenvalue weighted by Gasteiger charge is -2.41. The Hall–Kier alpha value is 0.270. The predicted molar refractivity (Wildman–Crippen MR) is 77.8 cm³/mol. The molecule has 0 radical (unpaired) electrons. The summed E-state index contributed by atoms with van der Waals surface area (Å²) in [5, 5.41) is 8.03. The fourth-order valence-corrected chi connectivity index (χ4v) is 4.11. The van der Waals surface area contributed by atoms with Gasteiger partial charge < -0.3 is 10.6 Å². The molecular weight excluding hydrogens is 228 g/mol. The molecule has 0 aromatic rings. The monoisotopic (exact) mass is 256 g/mol. The Kier molecular flexibility index (Phi) is 5.64. The molecule has 0 spiro atoms. The van der Waals surface area contributed by atoms with Crippen LogP contribution in [-0.2, 0) is 0 Å². The van der Waals surface area contributed by atoms with Crippen molar-refractivity contribution in [3.8, 4) is 0 Å².